The SMILES string of the molecule is C/C=C1\CN(C)[C@@H]2Cc3c([nH]c4ccccc34)[C@H](c3ccc4c5c([nH]c4c3)[C@]3(C(=O)OC)C[C@H]4C[C@H]([C@H](C)O)[C@@H]3N(CC5)C4)C[C@@H]1[C@H]2C(=O)OC. The fraction of sp³-hybridized carbons (Fsp3) is 0.524. The molecule has 0 amide bonds. The summed E-state index contributed by atoms with van der Waals surface area (Å²) in [5.41, 5.74) is 8.43. The molecule has 3 N–H and O–H groups in total. The first-order valence-corrected chi connectivity index (χ1v) is 18.9. The van der Waals surface area contributed by atoms with E-state index in [1.807, 2.05) is 6.92 Å². The zero-order valence-corrected chi connectivity index (χ0v) is 30.4. The monoisotopic (exact) mass is 690 g/mol. The van der Waals surface area contributed by atoms with Gasteiger partial charge in [0.1, 0.15) is 5.41 Å². The van der Waals surface area contributed by atoms with E-state index >= 15 is 0 Å². The number of carbonyl (C=O) groups excluding carboxylic acids is 2. The molecule has 9 heteroatoms. The van der Waals surface area contributed by atoms with Gasteiger partial charge in [0, 0.05) is 76.7 Å². The van der Waals surface area contributed by atoms with E-state index < -0.39 is 11.5 Å². The molecule has 2 aromatic carbocycles. The Morgan fingerprint density at radius 1 is 1.04 bits per heavy atom. The number of aliphatic hydroxyl groups is 1. The summed E-state index contributed by atoms with van der Waals surface area (Å²) in [4.78, 5) is 40.4. The van der Waals surface area contributed by atoms with Crippen LogP contribution in [0.1, 0.15) is 67.1 Å². The largest absolute Gasteiger partial charge is 0.469 e. The summed E-state index contributed by atoms with van der Waals surface area (Å²) in [7, 11) is 5.16. The van der Waals surface area contributed by atoms with Crippen LogP contribution < -0.4 is 0 Å². The quantitative estimate of drug-likeness (QED) is 0.193. The smallest absolute Gasteiger partial charge is 0.319 e. The molecular weight excluding hydrogens is 640 g/mol. The zero-order valence-electron chi connectivity index (χ0n) is 30.4. The van der Waals surface area contributed by atoms with Crippen molar-refractivity contribution in [3.63, 3.8) is 0 Å². The maximum absolute atomic E-state index is 14.2. The lowest BCUT2D eigenvalue weighted by atomic mass is 9.56. The molecule has 9 nitrogen and oxygen atoms in total. The second-order valence-electron chi connectivity index (χ2n) is 16.2. The number of carbonyl (C=O) groups is 2. The number of aromatic amines is 2. The van der Waals surface area contributed by atoms with Gasteiger partial charge >= 0.3 is 11.9 Å². The summed E-state index contributed by atoms with van der Waals surface area (Å²) < 4.78 is 11.2. The number of nitrogens with one attached hydrogen (secondary N) is 2. The number of piperidine rings is 3. The van der Waals surface area contributed by atoms with Crippen LogP contribution in [0.3, 0.4) is 0 Å². The number of H-pyrrole nitrogens is 2. The van der Waals surface area contributed by atoms with E-state index in [0.717, 1.165) is 73.9 Å². The van der Waals surface area contributed by atoms with E-state index in [1.54, 1.807) is 0 Å². The minimum Gasteiger partial charge on any atom is -0.469 e. The van der Waals surface area contributed by atoms with Crippen LogP contribution in [0.2, 0.25) is 0 Å². The Bertz CT molecular complexity index is 2080. The van der Waals surface area contributed by atoms with E-state index in [1.165, 1.54) is 47.6 Å². The highest BCUT2D eigenvalue weighted by Crippen LogP contribution is 2.56. The highest BCUT2D eigenvalue weighted by molar-refractivity contribution is 5.92. The zero-order chi connectivity index (χ0) is 35.3. The van der Waals surface area contributed by atoms with E-state index in [9.17, 15) is 14.7 Å². The number of esters is 2. The van der Waals surface area contributed by atoms with Crippen molar-refractivity contribution in [1.82, 2.24) is 19.8 Å². The van der Waals surface area contributed by atoms with Gasteiger partial charge in [0.2, 0.25) is 0 Å². The topological polar surface area (TPSA) is 111 Å². The highest BCUT2D eigenvalue weighted by Gasteiger charge is 2.64. The number of methoxy groups -OCH3 is 2. The number of likely N-dealkylation sites (tertiary alicyclic amines) is 1. The third kappa shape index (κ3) is 4.70. The summed E-state index contributed by atoms with van der Waals surface area (Å²) in [6, 6.07) is 15.3. The first-order valence-electron chi connectivity index (χ1n) is 18.9. The second kappa shape index (κ2) is 12.1. The van der Waals surface area contributed by atoms with E-state index in [4.69, 9.17) is 9.47 Å². The predicted molar refractivity (Wildman–Crippen MR) is 197 cm³/mol. The van der Waals surface area contributed by atoms with Gasteiger partial charge in [-0.2, -0.15) is 0 Å². The standard InChI is InChI=1S/C42H50N4O5/c1-6-24-21-45(3)35-18-32-26-9-7-8-10-33(26)43-37(32)31(17-30(24)36(35)40(48)50-4)25-11-12-27-28-13-14-46-20-23-15-29(22(2)47)39(46)42(19-23,41(49)51-5)38(28)44-34(27)16-25/h6-12,16,22-23,29-31,35-36,39,43-44,47H,13-15,17-21H2,1-5H3/b24-6+/t22-,23+,29+,30-,31-,35+,36+,39-,42+/m0/s1. The first kappa shape index (κ1) is 33.0. The molecule has 0 spiro atoms. The molecule has 2 aliphatic carbocycles. The average molecular weight is 691 g/mol. The lowest BCUT2D eigenvalue weighted by molar-refractivity contribution is -0.166. The van der Waals surface area contributed by atoms with Gasteiger partial charge in [0.25, 0.3) is 0 Å². The Kier molecular flexibility index (Phi) is 7.80. The third-order valence-electron chi connectivity index (χ3n) is 13.9. The number of allylic oxidation sites excluding steroid dienone is 1. The molecule has 3 saturated heterocycles. The maximum Gasteiger partial charge on any atom is 0.319 e. The van der Waals surface area contributed by atoms with Crippen molar-refractivity contribution in [2.24, 2.45) is 23.7 Å². The number of aromatic nitrogens is 2. The Balaban J connectivity index is 1.22. The number of rotatable bonds is 4. The Morgan fingerprint density at radius 2 is 1.84 bits per heavy atom. The fourth-order valence-corrected chi connectivity index (χ4v) is 11.8. The summed E-state index contributed by atoms with van der Waals surface area (Å²) >= 11 is 0. The maximum atomic E-state index is 14.2. The molecule has 51 heavy (non-hydrogen) atoms. The molecule has 1 unspecified atom stereocenters. The van der Waals surface area contributed by atoms with E-state index in [-0.39, 0.29) is 47.7 Å². The number of ether oxygens (including phenoxy) is 2. The number of likely N-dealkylation sites (N-methyl/N-ethyl adjacent to an activating group) is 1. The minimum absolute atomic E-state index is 0.00168. The molecule has 0 radical (unpaired) electrons. The molecule has 6 bridgehead atoms. The number of benzene rings is 2. The number of nitrogens with zero attached hydrogens (tertiary/aromatic N) is 2. The predicted octanol–water partition coefficient (Wildman–Crippen LogP) is 5.45. The van der Waals surface area contributed by atoms with Gasteiger partial charge in [0.15, 0.2) is 0 Å². The number of para-hydroxylation sites is 1. The fourth-order valence-electron chi connectivity index (χ4n) is 11.8. The molecule has 4 fully saturated rings. The average Bonchev–Trinajstić information content (AvgIpc) is 3.67. The summed E-state index contributed by atoms with van der Waals surface area (Å²) in [6.45, 7) is 6.62. The van der Waals surface area contributed by atoms with Crippen LogP contribution in [0, 0.1) is 23.7 Å². The van der Waals surface area contributed by atoms with E-state index in [2.05, 4.69) is 82.3 Å². The lowest BCUT2D eigenvalue weighted by Gasteiger charge is -2.58. The van der Waals surface area contributed by atoms with Gasteiger partial charge in [-0.1, -0.05) is 42.0 Å². The lowest BCUT2D eigenvalue weighted by Crippen LogP contribution is -2.68. The van der Waals surface area contributed by atoms with Crippen molar-refractivity contribution >= 4 is 33.7 Å². The van der Waals surface area contributed by atoms with Crippen LogP contribution in [0.4, 0.5) is 0 Å². The molecular formula is C42H50N4O5. The number of hydrogen-bond donors (Lipinski definition) is 3. The van der Waals surface area contributed by atoms with Crippen LogP contribution in [-0.2, 0) is 37.3 Å². The normalized spacial score (nSPS) is 34.4. The van der Waals surface area contributed by atoms with E-state index in [0.29, 0.717) is 5.92 Å². The summed E-state index contributed by atoms with van der Waals surface area (Å²) in [6.07, 6.45) is 5.72. The first-order chi connectivity index (χ1) is 24.7. The van der Waals surface area contributed by atoms with Gasteiger partial charge in [-0.3, -0.25) is 19.4 Å². The summed E-state index contributed by atoms with van der Waals surface area (Å²) in [5, 5.41) is 13.4. The molecule has 1 saturated carbocycles. The molecule has 2 aromatic heterocycles. The van der Waals surface area contributed by atoms with Crippen LogP contribution in [-0.4, -0.2) is 95.9 Å². The van der Waals surface area contributed by atoms with Gasteiger partial charge in [0.05, 0.1) is 26.2 Å². The van der Waals surface area contributed by atoms with Crippen molar-refractivity contribution < 1.29 is 24.2 Å². The Hall–Kier alpha value is -3.92. The van der Waals surface area contributed by atoms with Crippen LogP contribution in [0.5, 0.6) is 0 Å². The van der Waals surface area contributed by atoms with Gasteiger partial charge < -0.3 is 24.5 Å². The molecule has 4 aromatic rings. The van der Waals surface area contributed by atoms with Crippen LogP contribution >= 0.6 is 0 Å². The number of fused-ring (bicyclic) bond motifs is 9. The minimum atomic E-state index is -0.856. The molecule has 4 aliphatic heterocycles. The number of aliphatic hydroxyl groups excluding tert-OH is 1. The van der Waals surface area contributed by atoms with Crippen LogP contribution in [0.15, 0.2) is 54.1 Å². The third-order valence-corrected chi connectivity index (χ3v) is 13.9. The van der Waals surface area contributed by atoms with Crippen molar-refractivity contribution in [2.45, 2.75) is 75.5 Å². The van der Waals surface area contributed by atoms with Crippen LogP contribution in [0.25, 0.3) is 21.8 Å². The van der Waals surface area contributed by atoms with Gasteiger partial charge in [-0.25, -0.2) is 0 Å². The Labute approximate surface area is 299 Å². The van der Waals surface area contributed by atoms with Crippen molar-refractivity contribution in [1.29, 1.82) is 0 Å². The molecule has 6 aliphatic rings. The van der Waals surface area contributed by atoms with Gasteiger partial charge in [-0.05, 0) is 93.7 Å². The van der Waals surface area contributed by atoms with Crippen molar-refractivity contribution in [2.75, 3.05) is 40.9 Å². The highest BCUT2D eigenvalue weighted by atomic mass is 16.5. The van der Waals surface area contributed by atoms with Crippen molar-refractivity contribution in [3.05, 3.63) is 82.2 Å². The second-order valence-corrected chi connectivity index (χ2v) is 16.2. The van der Waals surface area contributed by atoms with Crippen molar-refractivity contribution in [3.8, 4) is 0 Å². The molecule has 268 valence electrons. The Morgan fingerprint density at radius 3 is 2.61 bits per heavy atom. The molecule has 10 atom stereocenters. The molecule has 10 rings (SSSR count). The molecule has 6 heterocycles. The summed E-state index contributed by atoms with van der Waals surface area (Å²) in [5.74, 6) is -0.253. The van der Waals surface area contributed by atoms with Gasteiger partial charge in [-0.15, -0.1) is 0 Å². The number of hydrogen-bond acceptors (Lipinski definition) is 7.